The van der Waals surface area contributed by atoms with Gasteiger partial charge in [-0.2, -0.15) is 10.5 Å². The molecule has 4 rings (SSSR count). The van der Waals surface area contributed by atoms with E-state index < -0.39 is 5.92 Å². The van der Waals surface area contributed by atoms with E-state index in [4.69, 9.17) is 10.5 Å². The number of ether oxygens (including phenoxy) is 1. The predicted molar refractivity (Wildman–Crippen MR) is 115 cm³/mol. The van der Waals surface area contributed by atoms with Crippen LogP contribution < -0.4 is 10.5 Å². The second-order valence-electron chi connectivity index (χ2n) is 7.64. The van der Waals surface area contributed by atoms with Crippen LogP contribution in [-0.4, -0.2) is 17.7 Å². The maximum atomic E-state index is 13.0. The highest BCUT2D eigenvalue weighted by Crippen LogP contribution is 2.46. The van der Waals surface area contributed by atoms with E-state index in [-0.39, 0.29) is 12.4 Å². The maximum Gasteiger partial charge on any atom is 0.161 e. The number of carbonyl (C=O) groups is 1. The van der Waals surface area contributed by atoms with E-state index in [9.17, 15) is 15.3 Å². The van der Waals surface area contributed by atoms with E-state index >= 15 is 0 Å². The van der Waals surface area contributed by atoms with Gasteiger partial charge in [0, 0.05) is 35.9 Å². The molecule has 154 valence electrons. The lowest BCUT2D eigenvalue weighted by molar-refractivity contribution is -0.116. The zero-order valence-electron chi connectivity index (χ0n) is 17.3. The first-order valence-corrected chi connectivity index (χ1v) is 10.2. The van der Waals surface area contributed by atoms with Crippen LogP contribution in [0.4, 0.5) is 0 Å². The smallest absolute Gasteiger partial charge is 0.161 e. The Balaban J connectivity index is 1.78. The van der Waals surface area contributed by atoms with E-state index in [2.05, 4.69) is 12.1 Å². The Bertz CT molecular complexity index is 1200. The van der Waals surface area contributed by atoms with Crippen LogP contribution in [0.1, 0.15) is 41.9 Å². The van der Waals surface area contributed by atoms with Crippen molar-refractivity contribution in [2.24, 2.45) is 5.73 Å². The summed E-state index contributed by atoms with van der Waals surface area (Å²) in [5.74, 6) is 0.413. The Morgan fingerprint density at radius 1 is 1.10 bits per heavy atom. The molecule has 1 atom stereocenters. The van der Waals surface area contributed by atoms with E-state index in [1.165, 1.54) is 0 Å². The Kier molecular flexibility index (Phi) is 5.47. The number of nitrogens with zero attached hydrogens (tertiary/aromatic N) is 3. The van der Waals surface area contributed by atoms with E-state index in [1.54, 1.807) is 18.0 Å². The standard InChI is InChI=1S/C25H22N4O2/c1-29-20-10-6-11-21(30)24(20)23(19(14-27)25(29)28)18-9-4-5-12-22(18)31-15-17-8-3-2-7-16(17)13-26/h2-5,7-9,12,23H,6,10-11,15,28H2,1H3/t23-/m0/s1. The Morgan fingerprint density at radius 2 is 1.84 bits per heavy atom. The molecule has 2 aliphatic rings. The highest BCUT2D eigenvalue weighted by molar-refractivity contribution is 6.00. The summed E-state index contributed by atoms with van der Waals surface area (Å²) in [6, 6.07) is 19.1. The van der Waals surface area contributed by atoms with Gasteiger partial charge >= 0.3 is 0 Å². The molecule has 1 heterocycles. The molecule has 2 N–H and O–H groups in total. The van der Waals surface area contributed by atoms with Crippen molar-refractivity contribution in [2.75, 3.05) is 7.05 Å². The number of nitriles is 2. The van der Waals surface area contributed by atoms with Crippen LogP contribution in [0.5, 0.6) is 5.75 Å². The van der Waals surface area contributed by atoms with Crippen molar-refractivity contribution < 1.29 is 9.53 Å². The number of Topliss-reactive ketones (excluding diaryl/α,β-unsaturated/α-hetero) is 1. The summed E-state index contributed by atoms with van der Waals surface area (Å²) in [5, 5.41) is 19.3. The van der Waals surface area contributed by atoms with Crippen LogP contribution in [0.25, 0.3) is 0 Å². The van der Waals surface area contributed by atoms with Crippen molar-refractivity contribution in [3.8, 4) is 17.9 Å². The molecule has 2 aromatic carbocycles. The number of allylic oxidation sites excluding steroid dienone is 3. The minimum absolute atomic E-state index is 0.0444. The molecule has 0 saturated heterocycles. The zero-order chi connectivity index (χ0) is 22.0. The van der Waals surface area contributed by atoms with Crippen LogP contribution in [-0.2, 0) is 11.4 Å². The average Bonchev–Trinajstić information content (AvgIpc) is 2.80. The van der Waals surface area contributed by atoms with Crippen LogP contribution in [0.3, 0.4) is 0 Å². The van der Waals surface area contributed by atoms with E-state index in [1.807, 2.05) is 42.5 Å². The first-order chi connectivity index (χ1) is 15.1. The van der Waals surface area contributed by atoms with Gasteiger partial charge in [-0.3, -0.25) is 4.79 Å². The molecule has 2 aromatic rings. The minimum atomic E-state index is -0.564. The molecule has 0 spiro atoms. The third-order valence-electron chi connectivity index (χ3n) is 5.92. The summed E-state index contributed by atoms with van der Waals surface area (Å²) in [7, 11) is 1.80. The van der Waals surface area contributed by atoms with Crippen LogP contribution in [0.15, 0.2) is 71.2 Å². The molecule has 0 bridgehead atoms. The summed E-state index contributed by atoms with van der Waals surface area (Å²) in [6.45, 7) is 0.203. The van der Waals surface area contributed by atoms with Crippen LogP contribution >= 0.6 is 0 Å². The number of hydrogen-bond acceptors (Lipinski definition) is 6. The molecule has 0 aromatic heterocycles. The Labute approximate surface area is 181 Å². The second-order valence-corrected chi connectivity index (χ2v) is 7.64. The first kappa shape index (κ1) is 20.3. The molecular weight excluding hydrogens is 388 g/mol. The van der Waals surface area contributed by atoms with Gasteiger partial charge in [-0.15, -0.1) is 0 Å². The van der Waals surface area contributed by atoms with Crippen LogP contribution in [0, 0.1) is 22.7 Å². The quantitative estimate of drug-likeness (QED) is 0.821. The van der Waals surface area contributed by atoms with Gasteiger partial charge in [-0.25, -0.2) is 0 Å². The van der Waals surface area contributed by atoms with Gasteiger partial charge in [-0.1, -0.05) is 36.4 Å². The van der Waals surface area contributed by atoms with Gasteiger partial charge in [0.1, 0.15) is 18.2 Å². The molecule has 0 amide bonds. The molecule has 1 aliphatic heterocycles. The van der Waals surface area contributed by atoms with E-state index in [0.717, 1.165) is 29.7 Å². The predicted octanol–water partition coefficient (Wildman–Crippen LogP) is 3.87. The molecule has 0 radical (unpaired) electrons. The molecule has 6 heteroatoms. The summed E-state index contributed by atoms with van der Waals surface area (Å²) in [5.41, 5.74) is 10.2. The normalized spacial score (nSPS) is 18.4. The monoisotopic (exact) mass is 410 g/mol. The van der Waals surface area contributed by atoms with Crippen molar-refractivity contribution >= 4 is 5.78 Å². The summed E-state index contributed by atoms with van der Waals surface area (Å²) >= 11 is 0. The van der Waals surface area contributed by atoms with Crippen molar-refractivity contribution in [1.29, 1.82) is 10.5 Å². The highest BCUT2D eigenvalue weighted by Gasteiger charge is 2.39. The lowest BCUT2D eigenvalue weighted by Gasteiger charge is -2.38. The molecule has 31 heavy (non-hydrogen) atoms. The maximum absolute atomic E-state index is 13.0. The van der Waals surface area contributed by atoms with Gasteiger partial charge in [0.05, 0.1) is 29.2 Å². The van der Waals surface area contributed by atoms with Gasteiger partial charge in [0.25, 0.3) is 0 Å². The first-order valence-electron chi connectivity index (χ1n) is 10.2. The van der Waals surface area contributed by atoms with Crippen molar-refractivity contribution in [3.05, 3.63) is 87.9 Å². The number of nitrogens with two attached hydrogens (primary N) is 1. The third-order valence-corrected chi connectivity index (χ3v) is 5.92. The zero-order valence-corrected chi connectivity index (χ0v) is 17.3. The van der Waals surface area contributed by atoms with Crippen LogP contribution in [0.2, 0.25) is 0 Å². The van der Waals surface area contributed by atoms with E-state index in [0.29, 0.717) is 34.7 Å². The van der Waals surface area contributed by atoms with Crippen molar-refractivity contribution in [3.63, 3.8) is 0 Å². The number of para-hydroxylation sites is 1. The molecule has 1 aliphatic carbocycles. The summed E-state index contributed by atoms with van der Waals surface area (Å²) < 4.78 is 6.12. The number of benzene rings is 2. The fourth-order valence-electron chi connectivity index (χ4n) is 4.33. The number of ketones is 1. The van der Waals surface area contributed by atoms with Gasteiger partial charge < -0.3 is 15.4 Å². The van der Waals surface area contributed by atoms with Gasteiger partial charge in [0.15, 0.2) is 5.78 Å². The SMILES string of the molecule is CN1C(N)=C(C#N)[C@H](c2ccccc2OCc2ccccc2C#N)C2=C1CCCC2=O. The summed E-state index contributed by atoms with van der Waals surface area (Å²) in [4.78, 5) is 14.7. The topological polar surface area (TPSA) is 103 Å². The molecule has 0 saturated carbocycles. The average molecular weight is 410 g/mol. The van der Waals surface area contributed by atoms with Gasteiger partial charge in [0.2, 0.25) is 0 Å². The Morgan fingerprint density at radius 3 is 2.61 bits per heavy atom. The highest BCUT2D eigenvalue weighted by atomic mass is 16.5. The minimum Gasteiger partial charge on any atom is -0.489 e. The number of carbonyl (C=O) groups excluding carboxylic acids is 1. The fourth-order valence-corrected chi connectivity index (χ4v) is 4.33. The third kappa shape index (κ3) is 3.53. The Hall–Kier alpha value is -4.03. The van der Waals surface area contributed by atoms with Crippen molar-refractivity contribution in [1.82, 2.24) is 4.90 Å². The molecule has 6 nitrogen and oxygen atoms in total. The molecular formula is C25H22N4O2. The molecule has 0 unspecified atom stereocenters. The largest absolute Gasteiger partial charge is 0.489 e. The van der Waals surface area contributed by atoms with Crippen molar-refractivity contribution in [2.45, 2.75) is 31.8 Å². The summed E-state index contributed by atoms with van der Waals surface area (Å²) in [6.07, 6.45) is 1.97. The van der Waals surface area contributed by atoms with Gasteiger partial charge in [-0.05, 0) is 25.0 Å². The molecule has 0 fully saturated rings. The lowest BCUT2D eigenvalue weighted by atomic mass is 9.75. The fraction of sp³-hybridized carbons (Fsp3) is 0.240. The number of rotatable bonds is 4. The lowest BCUT2D eigenvalue weighted by Crippen LogP contribution is -2.36. The number of hydrogen-bond donors (Lipinski definition) is 1. The second kappa shape index (κ2) is 8.38.